The molecule has 1 atom stereocenters. The number of fused-ring (bicyclic) bond motifs is 1. The van der Waals surface area contributed by atoms with Crippen molar-refractivity contribution in [1.82, 2.24) is 5.32 Å². The molecule has 0 saturated heterocycles. The van der Waals surface area contributed by atoms with Crippen molar-refractivity contribution in [3.8, 4) is 0 Å². The maximum absolute atomic E-state index is 3.82. The van der Waals surface area contributed by atoms with E-state index >= 15 is 0 Å². The van der Waals surface area contributed by atoms with Gasteiger partial charge < -0.3 is 5.32 Å². The molecule has 21 heavy (non-hydrogen) atoms. The summed E-state index contributed by atoms with van der Waals surface area (Å²) in [4.78, 5) is 0. The third-order valence-corrected chi connectivity index (χ3v) is 5.80. The molecule has 1 fully saturated rings. The van der Waals surface area contributed by atoms with E-state index in [1.807, 2.05) is 11.3 Å². The van der Waals surface area contributed by atoms with Crippen molar-refractivity contribution in [3.63, 3.8) is 0 Å². The van der Waals surface area contributed by atoms with Gasteiger partial charge in [0.25, 0.3) is 0 Å². The van der Waals surface area contributed by atoms with Gasteiger partial charge in [-0.15, -0.1) is 11.3 Å². The lowest BCUT2D eigenvalue weighted by Gasteiger charge is -2.27. The zero-order valence-corrected chi connectivity index (χ0v) is 13.9. The molecule has 1 N–H and O–H groups in total. The molecule has 0 aliphatic heterocycles. The van der Waals surface area contributed by atoms with Crippen molar-refractivity contribution in [1.29, 1.82) is 0 Å². The first kappa shape index (κ1) is 15.1. The predicted octanol–water partition coefficient (Wildman–Crippen LogP) is 5.91. The quantitative estimate of drug-likeness (QED) is 0.699. The van der Waals surface area contributed by atoms with Crippen LogP contribution < -0.4 is 5.32 Å². The molecule has 0 amide bonds. The van der Waals surface area contributed by atoms with Gasteiger partial charge in [0.05, 0.1) is 0 Å². The second-order valence-corrected chi connectivity index (χ2v) is 7.34. The summed E-state index contributed by atoms with van der Waals surface area (Å²) in [6, 6.07) is 9.42. The minimum absolute atomic E-state index is 0.546. The molecular formula is C19H27NS. The Morgan fingerprint density at radius 1 is 1.19 bits per heavy atom. The molecule has 2 heteroatoms. The van der Waals surface area contributed by atoms with Crippen molar-refractivity contribution < 1.29 is 0 Å². The van der Waals surface area contributed by atoms with Crippen molar-refractivity contribution in [3.05, 3.63) is 35.2 Å². The Balaban J connectivity index is 1.80. The Morgan fingerprint density at radius 2 is 2.00 bits per heavy atom. The minimum atomic E-state index is 0.546. The van der Waals surface area contributed by atoms with Crippen LogP contribution in [0.2, 0.25) is 0 Å². The Morgan fingerprint density at radius 3 is 2.81 bits per heavy atom. The first-order valence-electron chi connectivity index (χ1n) is 8.58. The molecule has 3 rings (SSSR count). The van der Waals surface area contributed by atoms with Gasteiger partial charge in [0.2, 0.25) is 0 Å². The molecule has 1 nitrogen and oxygen atoms in total. The van der Waals surface area contributed by atoms with Gasteiger partial charge in [0.1, 0.15) is 0 Å². The molecule has 2 aromatic rings. The Kier molecular flexibility index (Phi) is 5.32. The monoisotopic (exact) mass is 301 g/mol. The molecule has 1 unspecified atom stereocenters. The third-order valence-electron chi connectivity index (χ3n) is 4.82. The average Bonchev–Trinajstić information content (AvgIpc) is 2.96. The van der Waals surface area contributed by atoms with E-state index in [0.29, 0.717) is 6.04 Å². The second kappa shape index (κ2) is 7.42. The minimum Gasteiger partial charge on any atom is -0.310 e. The van der Waals surface area contributed by atoms with E-state index in [1.165, 1.54) is 60.6 Å². The van der Waals surface area contributed by atoms with Crippen LogP contribution in [-0.4, -0.2) is 6.54 Å². The number of thiophene rings is 1. The predicted molar refractivity (Wildman–Crippen MR) is 94.1 cm³/mol. The van der Waals surface area contributed by atoms with E-state index in [-0.39, 0.29) is 0 Å². The van der Waals surface area contributed by atoms with Crippen LogP contribution in [0.3, 0.4) is 0 Å². The van der Waals surface area contributed by atoms with E-state index in [9.17, 15) is 0 Å². The summed E-state index contributed by atoms with van der Waals surface area (Å²) in [5.74, 6) is 0.923. The highest BCUT2D eigenvalue weighted by atomic mass is 32.1. The van der Waals surface area contributed by atoms with Crippen LogP contribution in [0.1, 0.15) is 63.5 Å². The van der Waals surface area contributed by atoms with E-state index in [2.05, 4.69) is 41.9 Å². The Hall–Kier alpha value is -0.860. The zero-order valence-electron chi connectivity index (χ0n) is 13.1. The number of nitrogens with one attached hydrogen (secondary N) is 1. The maximum atomic E-state index is 3.82. The summed E-state index contributed by atoms with van der Waals surface area (Å²) in [6.07, 6.45) is 9.73. The summed E-state index contributed by atoms with van der Waals surface area (Å²) in [7, 11) is 0. The molecule has 1 heterocycles. The summed E-state index contributed by atoms with van der Waals surface area (Å²) >= 11 is 1.90. The summed E-state index contributed by atoms with van der Waals surface area (Å²) in [5, 5.41) is 7.67. The van der Waals surface area contributed by atoms with Crippen LogP contribution in [0.4, 0.5) is 0 Å². The fraction of sp³-hybridized carbons (Fsp3) is 0.579. The number of hydrogen-bond acceptors (Lipinski definition) is 2. The van der Waals surface area contributed by atoms with E-state index < -0.39 is 0 Å². The van der Waals surface area contributed by atoms with Gasteiger partial charge in [-0.25, -0.2) is 0 Å². The molecular weight excluding hydrogens is 274 g/mol. The molecule has 1 aromatic heterocycles. The molecule has 0 spiro atoms. The van der Waals surface area contributed by atoms with E-state index in [0.717, 1.165) is 12.5 Å². The average molecular weight is 301 g/mol. The van der Waals surface area contributed by atoms with Gasteiger partial charge in [-0.1, -0.05) is 57.2 Å². The van der Waals surface area contributed by atoms with Crippen LogP contribution >= 0.6 is 11.3 Å². The van der Waals surface area contributed by atoms with Crippen LogP contribution in [0.5, 0.6) is 0 Å². The maximum Gasteiger partial charge on any atom is 0.0346 e. The highest BCUT2D eigenvalue weighted by molar-refractivity contribution is 7.17. The zero-order chi connectivity index (χ0) is 14.5. The topological polar surface area (TPSA) is 12.0 Å². The highest BCUT2D eigenvalue weighted by Crippen LogP contribution is 2.36. The van der Waals surface area contributed by atoms with Gasteiger partial charge in [-0.05, 0) is 47.7 Å². The van der Waals surface area contributed by atoms with E-state index in [1.54, 1.807) is 0 Å². The standard InChI is InChI=1S/C19H27NS/c1-2-12-20-18(13-15-8-4-3-5-9-15)17-14-21-19-11-7-6-10-16(17)19/h6-7,10-11,14-15,18,20H,2-5,8-9,12-13H2,1H3. The molecule has 0 bridgehead atoms. The van der Waals surface area contributed by atoms with Crippen molar-refractivity contribution in [2.75, 3.05) is 6.54 Å². The lowest BCUT2D eigenvalue weighted by atomic mass is 9.83. The normalized spacial score (nSPS) is 18.1. The smallest absolute Gasteiger partial charge is 0.0346 e. The van der Waals surface area contributed by atoms with Crippen LogP contribution in [-0.2, 0) is 0 Å². The lowest BCUT2D eigenvalue weighted by molar-refractivity contribution is 0.301. The van der Waals surface area contributed by atoms with Gasteiger partial charge in [-0.3, -0.25) is 0 Å². The molecule has 114 valence electrons. The van der Waals surface area contributed by atoms with Crippen molar-refractivity contribution in [2.24, 2.45) is 5.92 Å². The molecule has 0 radical (unpaired) electrons. The Bertz CT molecular complexity index is 553. The van der Waals surface area contributed by atoms with Gasteiger partial charge in [-0.2, -0.15) is 0 Å². The van der Waals surface area contributed by atoms with Gasteiger partial charge >= 0.3 is 0 Å². The van der Waals surface area contributed by atoms with Crippen LogP contribution in [0.25, 0.3) is 10.1 Å². The number of rotatable bonds is 6. The largest absolute Gasteiger partial charge is 0.310 e. The second-order valence-electron chi connectivity index (χ2n) is 6.43. The molecule has 1 aliphatic rings. The first-order chi connectivity index (χ1) is 10.4. The fourth-order valence-corrected chi connectivity index (χ4v) is 4.68. The fourth-order valence-electron chi connectivity index (χ4n) is 3.66. The Labute approximate surface area is 132 Å². The first-order valence-corrected chi connectivity index (χ1v) is 9.46. The van der Waals surface area contributed by atoms with Gasteiger partial charge in [0.15, 0.2) is 0 Å². The van der Waals surface area contributed by atoms with Crippen LogP contribution in [0, 0.1) is 5.92 Å². The summed E-state index contributed by atoms with van der Waals surface area (Å²) < 4.78 is 1.43. The summed E-state index contributed by atoms with van der Waals surface area (Å²) in [5.41, 5.74) is 1.54. The number of hydrogen-bond donors (Lipinski definition) is 1. The van der Waals surface area contributed by atoms with Gasteiger partial charge in [0, 0.05) is 10.7 Å². The summed E-state index contributed by atoms with van der Waals surface area (Å²) in [6.45, 7) is 3.39. The molecule has 1 saturated carbocycles. The van der Waals surface area contributed by atoms with Crippen LogP contribution in [0.15, 0.2) is 29.6 Å². The number of benzene rings is 1. The molecule has 1 aliphatic carbocycles. The third kappa shape index (κ3) is 3.67. The van der Waals surface area contributed by atoms with Crippen molar-refractivity contribution in [2.45, 2.75) is 57.9 Å². The highest BCUT2D eigenvalue weighted by Gasteiger charge is 2.21. The van der Waals surface area contributed by atoms with E-state index in [4.69, 9.17) is 0 Å². The SMILES string of the molecule is CCCNC(CC1CCCCC1)c1csc2ccccc12. The lowest BCUT2D eigenvalue weighted by Crippen LogP contribution is -2.25. The van der Waals surface area contributed by atoms with Crippen molar-refractivity contribution >= 4 is 21.4 Å². The molecule has 1 aromatic carbocycles.